The van der Waals surface area contributed by atoms with E-state index in [1.807, 2.05) is 0 Å². The van der Waals surface area contributed by atoms with Crippen LogP contribution < -0.4 is 5.32 Å². The van der Waals surface area contributed by atoms with Crippen molar-refractivity contribution in [2.45, 2.75) is 63.8 Å². The van der Waals surface area contributed by atoms with Gasteiger partial charge in [0.2, 0.25) is 0 Å². The maximum atomic E-state index is 12.5. The third kappa shape index (κ3) is 2.10. The second-order valence-electron chi connectivity index (χ2n) is 5.17. The summed E-state index contributed by atoms with van der Waals surface area (Å²) in [6, 6.07) is 0. The van der Waals surface area contributed by atoms with Gasteiger partial charge in [0, 0.05) is 5.92 Å². The number of nitrogens with one attached hydrogen (secondary N) is 1. The standard InChI is InChI=1S/C13H23NO/c1-2-13(9-6-10-14-13)12(15)11-7-4-3-5-8-11/h11,14H,2-10H2,1H3. The maximum Gasteiger partial charge on any atom is 0.155 e. The molecule has 0 aromatic heterocycles. The van der Waals surface area contributed by atoms with Crippen LogP contribution in [0.2, 0.25) is 0 Å². The summed E-state index contributed by atoms with van der Waals surface area (Å²) in [5.41, 5.74) is -0.137. The predicted molar refractivity (Wildman–Crippen MR) is 61.8 cm³/mol. The minimum absolute atomic E-state index is 0.137. The van der Waals surface area contributed by atoms with E-state index in [0.717, 1.165) is 32.2 Å². The summed E-state index contributed by atoms with van der Waals surface area (Å²) in [7, 11) is 0. The molecule has 0 amide bonds. The van der Waals surface area contributed by atoms with E-state index >= 15 is 0 Å². The van der Waals surface area contributed by atoms with Crippen LogP contribution in [0.25, 0.3) is 0 Å². The molecule has 1 saturated carbocycles. The Morgan fingerprint density at radius 3 is 2.53 bits per heavy atom. The van der Waals surface area contributed by atoms with Gasteiger partial charge in [-0.25, -0.2) is 0 Å². The van der Waals surface area contributed by atoms with Gasteiger partial charge in [0.1, 0.15) is 0 Å². The Morgan fingerprint density at radius 1 is 1.27 bits per heavy atom. The molecule has 2 nitrogen and oxygen atoms in total. The van der Waals surface area contributed by atoms with Crippen molar-refractivity contribution in [3.63, 3.8) is 0 Å². The van der Waals surface area contributed by atoms with Gasteiger partial charge in [-0.1, -0.05) is 26.2 Å². The van der Waals surface area contributed by atoms with Gasteiger partial charge in [-0.2, -0.15) is 0 Å². The minimum atomic E-state index is -0.137. The molecule has 1 aliphatic carbocycles. The number of rotatable bonds is 3. The van der Waals surface area contributed by atoms with Gasteiger partial charge in [0.25, 0.3) is 0 Å². The number of carbonyl (C=O) groups is 1. The van der Waals surface area contributed by atoms with Crippen LogP contribution in [0.5, 0.6) is 0 Å². The molecule has 1 atom stereocenters. The Hall–Kier alpha value is -0.370. The van der Waals surface area contributed by atoms with Crippen molar-refractivity contribution in [1.29, 1.82) is 0 Å². The van der Waals surface area contributed by atoms with Gasteiger partial charge in [-0.05, 0) is 38.6 Å². The highest BCUT2D eigenvalue weighted by atomic mass is 16.1. The van der Waals surface area contributed by atoms with E-state index in [1.54, 1.807) is 0 Å². The normalized spacial score (nSPS) is 33.1. The number of hydrogen-bond donors (Lipinski definition) is 1. The molecule has 2 aliphatic rings. The second kappa shape index (κ2) is 4.65. The minimum Gasteiger partial charge on any atom is -0.305 e. The van der Waals surface area contributed by atoms with Crippen LogP contribution in [0, 0.1) is 5.92 Å². The van der Waals surface area contributed by atoms with E-state index in [0.29, 0.717) is 11.7 Å². The fraction of sp³-hybridized carbons (Fsp3) is 0.923. The van der Waals surface area contributed by atoms with Crippen molar-refractivity contribution in [1.82, 2.24) is 5.32 Å². The molecule has 0 bridgehead atoms. The Morgan fingerprint density at radius 2 is 2.00 bits per heavy atom. The molecule has 0 aromatic carbocycles. The highest BCUT2D eigenvalue weighted by Gasteiger charge is 2.42. The first-order chi connectivity index (χ1) is 7.28. The van der Waals surface area contributed by atoms with Crippen LogP contribution in [0.15, 0.2) is 0 Å². The zero-order valence-electron chi connectivity index (χ0n) is 9.85. The fourth-order valence-electron chi connectivity index (χ4n) is 3.25. The first kappa shape index (κ1) is 11.1. The number of hydrogen-bond acceptors (Lipinski definition) is 2. The van der Waals surface area contributed by atoms with Crippen molar-refractivity contribution in [2.24, 2.45) is 5.92 Å². The molecule has 0 spiro atoms. The molecule has 0 aromatic rings. The lowest BCUT2D eigenvalue weighted by Crippen LogP contribution is -2.50. The fourth-order valence-corrected chi connectivity index (χ4v) is 3.25. The monoisotopic (exact) mass is 209 g/mol. The smallest absolute Gasteiger partial charge is 0.155 e. The van der Waals surface area contributed by atoms with Crippen LogP contribution >= 0.6 is 0 Å². The summed E-state index contributed by atoms with van der Waals surface area (Å²) >= 11 is 0. The highest BCUT2D eigenvalue weighted by molar-refractivity contribution is 5.90. The molecule has 1 heterocycles. The number of carbonyl (C=O) groups excluding carboxylic acids is 1. The highest BCUT2D eigenvalue weighted by Crippen LogP contribution is 2.33. The first-order valence-electron chi connectivity index (χ1n) is 6.58. The van der Waals surface area contributed by atoms with Gasteiger partial charge >= 0.3 is 0 Å². The summed E-state index contributed by atoms with van der Waals surface area (Å²) in [6.07, 6.45) is 9.35. The van der Waals surface area contributed by atoms with Crippen LogP contribution in [-0.4, -0.2) is 17.9 Å². The molecule has 2 fully saturated rings. The lowest BCUT2D eigenvalue weighted by molar-refractivity contribution is -0.130. The van der Waals surface area contributed by atoms with Gasteiger partial charge in [0.05, 0.1) is 5.54 Å². The van der Waals surface area contributed by atoms with E-state index in [4.69, 9.17) is 0 Å². The molecule has 1 N–H and O–H groups in total. The molecule has 1 aliphatic heterocycles. The van der Waals surface area contributed by atoms with Crippen molar-refractivity contribution in [3.05, 3.63) is 0 Å². The quantitative estimate of drug-likeness (QED) is 0.774. The van der Waals surface area contributed by atoms with Gasteiger partial charge < -0.3 is 5.32 Å². The van der Waals surface area contributed by atoms with Gasteiger partial charge in [0.15, 0.2) is 5.78 Å². The van der Waals surface area contributed by atoms with E-state index in [1.165, 1.54) is 25.7 Å². The average molecular weight is 209 g/mol. The molecular formula is C13H23NO. The van der Waals surface area contributed by atoms with Crippen molar-refractivity contribution < 1.29 is 4.79 Å². The molecule has 2 heteroatoms. The van der Waals surface area contributed by atoms with Crippen LogP contribution in [0.3, 0.4) is 0 Å². The lowest BCUT2D eigenvalue weighted by Gasteiger charge is -2.32. The summed E-state index contributed by atoms with van der Waals surface area (Å²) in [6.45, 7) is 3.19. The summed E-state index contributed by atoms with van der Waals surface area (Å²) in [5, 5.41) is 3.47. The lowest BCUT2D eigenvalue weighted by atomic mass is 9.76. The third-order valence-corrected chi connectivity index (χ3v) is 4.29. The van der Waals surface area contributed by atoms with Gasteiger partial charge in [-0.15, -0.1) is 0 Å². The zero-order chi connectivity index (χ0) is 10.7. The molecule has 0 radical (unpaired) electrons. The van der Waals surface area contributed by atoms with Crippen LogP contribution in [0.1, 0.15) is 58.3 Å². The van der Waals surface area contributed by atoms with Crippen LogP contribution in [-0.2, 0) is 4.79 Å². The van der Waals surface area contributed by atoms with Crippen molar-refractivity contribution in [2.75, 3.05) is 6.54 Å². The Kier molecular flexibility index (Phi) is 3.45. The molecule has 86 valence electrons. The van der Waals surface area contributed by atoms with Crippen LogP contribution in [0.4, 0.5) is 0 Å². The van der Waals surface area contributed by atoms with Gasteiger partial charge in [-0.3, -0.25) is 4.79 Å². The Balaban J connectivity index is 2.03. The van der Waals surface area contributed by atoms with E-state index in [9.17, 15) is 4.79 Å². The largest absolute Gasteiger partial charge is 0.305 e. The summed E-state index contributed by atoms with van der Waals surface area (Å²) < 4.78 is 0. The molecular weight excluding hydrogens is 186 g/mol. The van der Waals surface area contributed by atoms with E-state index < -0.39 is 0 Å². The third-order valence-electron chi connectivity index (χ3n) is 4.29. The summed E-state index contributed by atoms with van der Waals surface area (Å²) in [4.78, 5) is 12.5. The molecule has 15 heavy (non-hydrogen) atoms. The van der Waals surface area contributed by atoms with E-state index in [-0.39, 0.29) is 5.54 Å². The first-order valence-corrected chi connectivity index (χ1v) is 6.58. The average Bonchev–Trinajstić information content (AvgIpc) is 2.79. The van der Waals surface area contributed by atoms with E-state index in [2.05, 4.69) is 12.2 Å². The SMILES string of the molecule is CCC1(C(=O)C2CCCCC2)CCCN1. The molecule has 1 saturated heterocycles. The number of ketones is 1. The Bertz CT molecular complexity index is 225. The van der Waals surface area contributed by atoms with Crippen molar-refractivity contribution >= 4 is 5.78 Å². The summed E-state index contributed by atoms with van der Waals surface area (Å²) in [5.74, 6) is 0.895. The molecule has 2 rings (SSSR count). The Labute approximate surface area is 92.8 Å². The topological polar surface area (TPSA) is 29.1 Å². The molecule has 1 unspecified atom stereocenters. The number of Topliss-reactive ketones (excluding diaryl/α,β-unsaturated/α-hetero) is 1. The second-order valence-corrected chi connectivity index (χ2v) is 5.17. The predicted octanol–water partition coefficient (Wildman–Crippen LogP) is 2.67. The maximum absolute atomic E-state index is 12.5. The zero-order valence-corrected chi connectivity index (χ0v) is 9.85. The van der Waals surface area contributed by atoms with Crippen molar-refractivity contribution in [3.8, 4) is 0 Å².